The van der Waals surface area contributed by atoms with Gasteiger partial charge in [-0.25, -0.2) is 17.2 Å². The van der Waals surface area contributed by atoms with Gasteiger partial charge in [-0.3, -0.25) is 0 Å². The maximum absolute atomic E-state index is 13.8. The maximum atomic E-state index is 13.8. The summed E-state index contributed by atoms with van der Waals surface area (Å²) in [6, 6.07) is 2.02. The molecule has 0 aliphatic rings. The van der Waals surface area contributed by atoms with E-state index >= 15 is 0 Å². The number of benzene rings is 1. The summed E-state index contributed by atoms with van der Waals surface area (Å²) in [5.41, 5.74) is 4.95. The van der Waals surface area contributed by atoms with Crippen molar-refractivity contribution in [3.8, 4) is 11.4 Å². The number of sulfone groups is 1. The summed E-state index contributed by atoms with van der Waals surface area (Å²) >= 11 is 0. The minimum atomic E-state index is -3.85. The predicted molar refractivity (Wildman–Crippen MR) is 60.7 cm³/mol. The smallest absolute Gasteiger partial charge is 0.240 e. The molecule has 2 aromatic rings. The first kappa shape index (κ1) is 13.6. The molecule has 1 aromatic heterocycles. The highest BCUT2D eigenvalue weighted by Crippen LogP contribution is 2.26. The molecule has 0 aliphatic heterocycles. The summed E-state index contributed by atoms with van der Waals surface area (Å²) in [4.78, 5) is 3.01. The Labute approximate surface area is 107 Å². The molecule has 0 amide bonds. The molecule has 102 valence electrons. The Bertz CT molecular complexity index is 728. The minimum Gasteiger partial charge on any atom is -0.338 e. The van der Waals surface area contributed by atoms with Crippen molar-refractivity contribution in [2.24, 2.45) is 5.73 Å². The Morgan fingerprint density at radius 2 is 2.00 bits per heavy atom. The SMILES string of the molecule is CS(=O)(=O)c1ccc(-c2noc(CN)n2)c(F)c1F. The number of rotatable bonds is 3. The van der Waals surface area contributed by atoms with E-state index in [9.17, 15) is 17.2 Å². The zero-order valence-electron chi connectivity index (χ0n) is 9.72. The van der Waals surface area contributed by atoms with Gasteiger partial charge in [0, 0.05) is 6.26 Å². The molecule has 0 spiro atoms. The van der Waals surface area contributed by atoms with Crippen molar-refractivity contribution in [2.45, 2.75) is 11.4 Å². The fourth-order valence-electron chi connectivity index (χ4n) is 1.44. The zero-order chi connectivity index (χ0) is 14.2. The fraction of sp³-hybridized carbons (Fsp3) is 0.200. The molecule has 0 unspecified atom stereocenters. The summed E-state index contributed by atoms with van der Waals surface area (Å²) in [6.45, 7) is -0.0431. The minimum absolute atomic E-state index is 0.0431. The quantitative estimate of drug-likeness (QED) is 0.900. The van der Waals surface area contributed by atoms with Gasteiger partial charge in [-0.2, -0.15) is 4.98 Å². The van der Waals surface area contributed by atoms with Crippen molar-refractivity contribution in [3.05, 3.63) is 29.7 Å². The number of nitrogens with two attached hydrogens (primary N) is 1. The van der Waals surface area contributed by atoms with Gasteiger partial charge in [0.25, 0.3) is 0 Å². The summed E-state index contributed by atoms with van der Waals surface area (Å²) < 4.78 is 54.6. The Kier molecular flexibility index (Phi) is 3.33. The summed E-state index contributed by atoms with van der Waals surface area (Å²) in [7, 11) is -3.85. The van der Waals surface area contributed by atoms with E-state index in [-0.39, 0.29) is 23.8 Å². The second-order valence-corrected chi connectivity index (χ2v) is 5.71. The molecule has 19 heavy (non-hydrogen) atoms. The monoisotopic (exact) mass is 289 g/mol. The van der Waals surface area contributed by atoms with Crippen LogP contribution in [-0.4, -0.2) is 24.8 Å². The Balaban J connectivity index is 2.59. The van der Waals surface area contributed by atoms with Crippen molar-refractivity contribution in [1.82, 2.24) is 10.1 Å². The molecule has 2 N–H and O–H groups in total. The molecule has 0 saturated heterocycles. The highest BCUT2D eigenvalue weighted by Gasteiger charge is 2.22. The number of aromatic nitrogens is 2. The molecule has 0 bridgehead atoms. The van der Waals surface area contributed by atoms with Gasteiger partial charge in [0.15, 0.2) is 21.5 Å². The number of nitrogens with zero attached hydrogens (tertiary/aromatic N) is 2. The molecule has 9 heteroatoms. The average molecular weight is 289 g/mol. The lowest BCUT2D eigenvalue weighted by atomic mass is 10.2. The van der Waals surface area contributed by atoms with Gasteiger partial charge in [-0.05, 0) is 12.1 Å². The average Bonchev–Trinajstić information content (AvgIpc) is 2.79. The van der Waals surface area contributed by atoms with Gasteiger partial charge in [-0.1, -0.05) is 5.16 Å². The van der Waals surface area contributed by atoms with E-state index in [1.165, 1.54) is 0 Å². The van der Waals surface area contributed by atoms with Gasteiger partial charge in [0.1, 0.15) is 4.90 Å². The molecule has 2 rings (SSSR count). The van der Waals surface area contributed by atoms with Crippen LogP contribution < -0.4 is 5.73 Å². The van der Waals surface area contributed by atoms with Crippen LogP contribution >= 0.6 is 0 Å². The van der Waals surface area contributed by atoms with E-state index in [4.69, 9.17) is 5.73 Å². The van der Waals surface area contributed by atoms with Crippen LogP contribution in [0.15, 0.2) is 21.6 Å². The van der Waals surface area contributed by atoms with Crippen LogP contribution in [0.4, 0.5) is 8.78 Å². The van der Waals surface area contributed by atoms with E-state index in [1.807, 2.05) is 0 Å². The molecule has 1 aromatic carbocycles. The van der Waals surface area contributed by atoms with Gasteiger partial charge in [-0.15, -0.1) is 0 Å². The Morgan fingerprint density at radius 1 is 1.32 bits per heavy atom. The summed E-state index contributed by atoms with van der Waals surface area (Å²) in [6.07, 6.45) is 0.783. The third-order valence-corrected chi connectivity index (χ3v) is 3.44. The topological polar surface area (TPSA) is 99.1 Å². The number of hydrogen-bond donors (Lipinski definition) is 1. The first-order valence-corrected chi connectivity index (χ1v) is 6.95. The molecule has 0 radical (unpaired) electrons. The molecular formula is C10H9F2N3O3S. The molecular weight excluding hydrogens is 280 g/mol. The Morgan fingerprint density at radius 3 is 2.53 bits per heavy atom. The molecule has 0 fully saturated rings. The van der Waals surface area contributed by atoms with Crippen LogP contribution in [0.5, 0.6) is 0 Å². The van der Waals surface area contributed by atoms with E-state index in [2.05, 4.69) is 14.7 Å². The van der Waals surface area contributed by atoms with Crippen LogP contribution in [0, 0.1) is 11.6 Å². The second kappa shape index (κ2) is 4.67. The van der Waals surface area contributed by atoms with E-state index in [1.54, 1.807) is 0 Å². The highest BCUT2D eigenvalue weighted by atomic mass is 32.2. The zero-order valence-corrected chi connectivity index (χ0v) is 10.5. The number of hydrogen-bond acceptors (Lipinski definition) is 6. The van der Waals surface area contributed by atoms with E-state index in [0.29, 0.717) is 0 Å². The van der Waals surface area contributed by atoms with Crippen molar-refractivity contribution < 1.29 is 21.7 Å². The fourth-order valence-corrected chi connectivity index (χ4v) is 2.17. The van der Waals surface area contributed by atoms with E-state index in [0.717, 1.165) is 18.4 Å². The van der Waals surface area contributed by atoms with Crippen molar-refractivity contribution in [1.29, 1.82) is 0 Å². The number of halogens is 2. The lowest BCUT2D eigenvalue weighted by Gasteiger charge is -2.04. The van der Waals surface area contributed by atoms with Gasteiger partial charge < -0.3 is 10.3 Å². The summed E-state index contributed by atoms with van der Waals surface area (Å²) in [5.74, 6) is -2.97. The van der Waals surface area contributed by atoms with Crippen LogP contribution in [0.1, 0.15) is 5.89 Å². The molecule has 0 aliphatic carbocycles. The Hall–Kier alpha value is -1.87. The molecule has 0 saturated carbocycles. The summed E-state index contributed by atoms with van der Waals surface area (Å²) in [5, 5.41) is 3.43. The third kappa shape index (κ3) is 2.47. The second-order valence-electron chi connectivity index (χ2n) is 3.73. The molecule has 6 nitrogen and oxygen atoms in total. The van der Waals surface area contributed by atoms with Gasteiger partial charge in [0.2, 0.25) is 11.7 Å². The lowest BCUT2D eigenvalue weighted by Crippen LogP contribution is -2.04. The third-order valence-electron chi connectivity index (χ3n) is 2.33. The van der Waals surface area contributed by atoms with Crippen LogP contribution in [0.2, 0.25) is 0 Å². The lowest BCUT2D eigenvalue weighted by molar-refractivity contribution is 0.380. The largest absolute Gasteiger partial charge is 0.338 e. The van der Waals surface area contributed by atoms with Crippen LogP contribution in [-0.2, 0) is 16.4 Å². The van der Waals surface area contributed by atoms with Crippen molar-refractivity contribution in [3.63, 3.8) is 0 Å². The highest BCUT2D eigenvalue weighted by molar-refractivity contribution is 7.90. The molecule has 1 heterocycles. The van der Waals surface area contributed by atoms with Crippen molar-refractivity contribution >= 4 is 9.84 Å². The van der Waals surface area contributed by atoms with Crippen LogP contribution in [0.25, 0.3) is 11.4 Å². The molecule has 0 atom stereocenters. The van der Waals surface area contributed by atoms with Crippen molar-refractivity contribution in [2.75, 3.05) is 6.26 Å². The standard InChI is InChI=1S/C10H9F2N3O3S/c1-19(16,17)6-3-2-5(8(11)9(6)12)10-14-7(4-13)18-15-10/h2-3H,4,13H2,1H3. The van der Waals surface area contributed by atoms with Gasteiger partial charge in [0.05, 0.1) is 12.1 Å². The predicted octanol–water partition coefficient (Wildman–Crippen LogP) is 0.877. The maximum Gasteiger partial charge on any atom is 0.240 e. The normalized spacial score (nSPS) is 11.8. The van der Waals surface area contributed by atoms with Crippen LogP contribution in [0.3, 0.4) is 0 Å². The van der Waals surface area contributed by atoms with E-state index < -0.39 is 26.4 Å². The first-order chi connectivity index (χ1) is 8.84. The van der Waals surface area contributed by atoms with Gasteiger partial charge >= 0.3 is 0 Å². The first-order valence-electron chi connectivity index (χ1n) is 5.05.